The van der Waals surface area contributed by atoms with Crippen LogP contribution in [0.1, 0.15) is 6.92 Å². The number of aromatic nitrogens is 2. The average molecular weight is 377 g/mol. The molecule has 0 saturated heterocycles. The molecule has 2 heterocycles. The number of benzene rings is 1. The van der Waals surface area contributed by atoms with Gasteiger partial charge in [-0.1, -0.05) is 5.92 Å². The van der Waals surface area contributed by atoms with Crippen LogP contribution in [0.25, 0.3) is 10.9 Å². The van der Waals surface area contributed by atoms with Gasteiger partial charge in [0.25, 0.3) is 0 Å². The highest BCUT2D eigenvalue weighted by atomic mass is 16.5. The lowest BCUT2D eigenvalue weighted by atomic mass is 10.2. The van der Waals surface area contributed by atoms with Gasteiger partial charge < -0.3 is 15.4 Å². The maximum Gasteiger partial charge on any atom is 0.326 e. The highest BCUT2D eigenvalue weighted by Crippen LogP contribution is 2.27. The summed E-state index contributed by atoms with van der Waals surface area (Å²) in [6, 6.07) is 9.85. The molecule has 0 saturated carbocycles. The van der Waals surface area contributed by atoms with Crippen LogP contribution in [-0.2, 0) is 0 Å². The van der Waals surface area contributed by atoms with Crippen LogP contribution >= 0.6 is 0 Å². The van der Waals surface area contributed by atoms with E-state index in [1.807, 2.05) is 19.1 Å². The fraction of sp³-hybridized carbons (Fsp3) is 0.150. The second-order valence-corrected chi connectivity index (χ2v) is 5.73. The molecule has 0 aliphatic rings. The van der Waals surface area contributed by atoms with Gasteiger partial charge in [0.05, 0.1) is 12.1 Å². The summed E-state index contributed by atoms with van der Waals surface area (Å²) >= 11 is 0. The maximum absolute atomic E-state index is 12.1. The predicted molar refractivity (Wildman–Crippen MR) is 107 cm³/mol. The number of terminal acetylenes is 1. The molecule has 0 fully saturated rings. The predicted octanol–water partition coefficient (Wildman–Crippen LogP) is 3.16. The lowest BCUT2D eigenvalue weighted by Gasteiger charge is -2.09. The van der Waals surface area contributed by atoms with E-state index in [0.717, 1.165) is 10.9 Å². The molecule has 0 aliphatic heterocycles. The van der Waals surface area contributed by atoms with Gasteiger partial charge >= 0.3 is 12.1 Å². The molecule has 8 heteroatoms. The lowest BCUT2D eigenvalue weighted by molar-refractivity contribution is 0.244. The molecule has 0 unspecified atom stereocenters. The van der Waals surface area contributed by atoms with Crippen LogP contribution in [0.2, 0.25) is 0 Å². The van der Waals surface area contributed by atoms with Gasteiger partial charge in [0.2, 0.25) is 0 Å². The summed E-state index contributed by atoms with van der Waals surface area (Å²) in [6.07, 6.45) is 8.38. The normalized spacial score (nSPS) is 10.1. The van der Waals surface area contributed by atoms with E-state index in [1.165, 1.54) is 4.57 Å². The zero-order valence-electron chi connectivity index (χ0n) is 15.2. The van der Waals surface area contributed by atoms with Gasteiger partial charge in [-0.2, -0.15) is 0 Å². The summed E-state index contributed by atoms with van der Waals surface area (Å²) < 4.78 is 7.34. The zero-order valence-corrected chi connectivity index (χ0v) is 15.2. The third-order valence-corrected chi connectivity index (χ3v) is 3.77. The summed E-state index contributed by atoms with van der Waals surface area (Å²) in [4.78, 5) is 27.8. The van der Waals surface area contributed by atoms with Crippen molar-refractivity contribution in [1.82, 2.24) is 20.2 Å². The Hall–Kier alpha value is -3.99. The lowest BCUT2D eigenvalue weighted by Crippen LogP contribution is -2.28. The first-order valence-corrected chi connectivity index (χ1v) is 8.62. The van der Waals surface area contributed by atoms with E-state index in [1.54, 1.807) is 36.7 Å². The molecule has 3 aromatic rings. The van der Waals surface area contributed by atoms with Crippen LogP contribution in [-0.4, -0.2) is 34.7 Å². The number of carbonyl (C=O) groups excluding carboxylic acids is 2. The number of rotatable bonds is 5. The van der Waals surface area contributed by atoms with Crippen LogP contribution in [0, 0.1) is 12.3 Å². The number of carbonyl (C=O) groups is 2. The molecule has 8 nitrogen and oxygen atoms in total. The van der Waals surface area contributed by atoms with Crippen molar-refractivity contribution >= 4 is 28.8 Å². The highest BCUT2D eigenvalue weighted by Gasteiger charge is 2.10. The number of fused-ring (bicyclic) bond motifs is 1. The molecule has 3 N–H and O–H groups in total. The fourth-order valence-electron chi connectivity index (χ4n) is 2.57. The summed E-state index contributed by atoms with van der Waals surface area (Å²) in [7, 11) is 0. The van der Waals surface area contributed by atoms with Crippen LogP contribution in [0.3, 0.4) is 0 Å². The number of pyridine rings is 1. The second kappa shape index (κ2) is 8.60. The third-order valence-electron chi connectivity index (χ3n) is 3.77. The quantitative estimate of drug-likeness (QED) is 0.595. The Bertz CT molecular complexity index is 1050. The van der Waals surface area contributed by atoms with Crippen LogP contribution in [0.15, 0.2) is 48.8 Å². The molecule has 3 rings (SSSR count). The van der Waals surface area contributed by atoms with Gasteiger partial charge in [-0.15, -0.1) is 6.42 Å². The number of ether oxygens (including phenoxy) is 1. The monoisotopic (exact) mass is 377 g/mol. The van der Waals surface area contributed by atoms with E-state index in [2.05, 4.69) is 26.9 Å². The first-order valence-electron chi connectivity index (χ1n) is 8.62. The average Bonchev–Trinajstić information content (AvgIpc) is 3.10. The van der Waals surface area contributed by atoms with Gasteiger partial charge in [-0.3, -0.25) is 9.88 Å². The molecule has 142 valence electrons. The first-order chi connectivity index (χ1) is 13.6. The minimum absolute atomic E-state index is 0.161. The van der Waals surface area contributed by atoms with Gasteiger partial charge in [0.15, 0.2) is 0 Å². The van der Waals surface area contributed by atoms with E-state index in [9.17, 15) is 9.59 Å². The number of urea groups is 1. The topological polar surface area (TPSA) is 97.3 Å². The van der Waals surface area contributed by atoms with E-state index < -0.39 is 0 Å². The van der Waals surface area contributed by atoms with Crippen molar-refractivity contribution in [2.45, 2.75) is 6.92 Å². The molecule has 28 heavy (non-hydrogen) atoms. The Labute approximate surface area is 161 Å². The SMILES string of the molecule is C#CCNC(=O)n1ccc2cc(Oc3ccnc(NC(=O)NCC)c3)ccc21. The molecule has 0 bridgehead atoms. The summed E-state index contributed by atoms with van der Waals surface area (Å²) in [5, 5.41) is 8.72. The molecular weight excluding hydrogens is 358 g/mol. The second-order valence-electron chi connectivity index (χ2n) is 5.73. The Balaban J connectivity index is 1.76. The van der Waals surface area contributed by atoms with Gasteiger partial charge in [-0.05, 0) is 37.3 Å². The molecule has 0 atom stereocenters. The Morgan fingerprint density at radius 3 is 2.79 bits per heavy atom. The number of nitrogens with one attached hydrogen (secondary N) is 3. The third kappa shape index (κ3) is 4.40. The molecule has 0 aliphatic carbocycles. The highest BCUT2D eigenvalue weighted by molar-refractivity contribution is 5.92. The van der Waals surface area contributed by atoms with Crippen molar-refractivity contribution < 1.29 is 14.3 Å². The molecule has 2 aromatic heterocycles. The Morgan fingerprint density at radius 1 is 1.18 bits per heavy atom. The van der Waals surface area contributed by atoms with E-state index in [-0.39, 0.29) is 18.6 Å². The number of nitrogens with zero attached hydrogens (tertiary/aromatic N) is 2. The molecule has 1 aromatic carbocycles. The number of amides is 3. The van der Waals surface area contributed by atoms with Crippen molar-refractivity contribution in [2.75, 3.05) is 18.4 Å². The van der Waals surface area contributed by atoms with Crippen molar-refractivity contribution in [3.05, 3.63) is 48.8 Å². The Kier molecular flexibility index (Phi) is 5.77. The molecule has 0 spiro atoms. The number of hydrogen-bond donors (Lipinski definition) is 3. The molecule has 3 amide bonds. The summed E-state index contributed by atoms with van der Waals surface area (Å²) in [6.45, 7) is 2.51. The molecule has 0 radical (unpaired) electrons. The van der Waals surface area contributed by atoms with Crippen molar-refractivity contribution in [1.29, 1.82) is 0 Å². The molecular formula is C20H19N5O3. The van der Waals surface area contributed by atoms with Crippen LogP contribution in [0.5, 0.6) is 11.5 Å². The largest absolute Gasteiger partial charge is 0.457 e. The summed E-state index contributed by atoms with van der Waals surface area (Å²) in [5.74, 6) is 3.85. The van der Waals surface area contributed by atoms with Crippen molar-refractivity contribution in [3.63, 3.8) is 0 Å². The maximum atomic E-state index is 12.1. The summed E-state index contributed by atoms with van der Waals surface area (Å²) in [5.41, 5.74) is 0.732. The standard InChI is InChI=1S/C20H19N5O3/c1-3-9-23-20(27)25-11-8-14-12-15(5-6-17(14)25)28-16-7-10-22-18(13-16)24-19(26)21-4-2/h1,5-8,10-13H,4,9H2,2H3,(H,23,27)(H2,21,22,24,26). The smallest absolute Gasteiger partial charge is 0.326 e. The van der Waals surface area contributed by atoms with Crippen LogP contribution in [0.4, 0.5) is 15.4 Å². The van der Waals surface area contributed by atoms with Gasteiger partial charge in [0.1, 0.15) is 17.3 Å². The van der Waals surface area contributed by atoms with Crippen molar-refractivity contribution in [3.8, 4) is 23.8 Å². The first kappa shape index (κ1) is 18.8. The van der Waals surface area contributed by atoms with Gasteiger partial charge in [0, 0.05) is 30.4 Å². The fourth-order valence-corrected chi connectivity index (χ4v) is 2.57. The van der Waals surface area contributed by atoms with E-state index in [0.29, 0.717) is 23.9 Å². The Morgan fingerprint density at radius 2 is 2.00 bits per heavy atom. The van der Waals surface area contributed by atoms with Gasteiger partial charge in [-0.25, -0.2) is 14.6 Å². The number of anilines is 1. The minimum Gasteiger partial charge on any atom is -0.457 e. The minimum atomic E-state index is -0.335. The van der Waals surface area contributed by atoms with E-state index in [4.69, 9.17) is 11.2 Å². The zero-order chi connectivity index (χ0) is 19.9. The van der Waals surface area contributed by atoms with Crippen molar-refractivity contribution in [2.24, 2.45) is 0 Å². The van der Waals surface area contributed by atoms with Crippen LogP contribution < -0.4 is 20.7 Å². The number of hydrogen-bond acceptors (Lipinski definition) is 4. The van der Waals surface area contributed by atoms with E-state index >= 15 is 0 Å².